The fourth-order valence-electron chi connectivity index (χ4n) is 3.06. The first-order valence-electron chi connectivity index (χ1n) is 8.58. The van der Waals surface area contributed by atoms with Gasteiger partial charge in [0.25, 0.3) is 0 Å². The van der Waals surface area contributed by atoms with Crippen LogP contribution in [0.25, 0.3) is 0 Å². The largest absolute Gasteiger partial charge is 0.299 e. The summed E-state index contributed by atoms with van der Waals surface area (Å²) in [5, 5.41) is 0. The Balaban J connectivity index is 1.92. The van der Waals surface area contributed by atoms with Crippen LogP contribution >= 0.6 is 0 Å². The summed E-state index contributed by atoms with van der Waals surface area (Å²) in [6, 6.07) is 19.7. The minimum absolute atomic E-state index is 0.626. The molecule has 1 heteroatoms. The van der Waals surface area contributed by atoms with Crippen LogP contribution in [0.1, 0.15) is 49.8 Å². The fraction of sp³-hybridized carbons (Fsp3) is 0.429. The van der Waals surface area contributed by atoms with Crippen LogP contribution in [-0.4, -0.2) is 18.0 Å². The van der Waals surface area contributed by atoms with Gasteiger partial charge in [-0.25, -0.2) is 0 Å². The molecule has 2 aromatic carbocycles. The fourth-order valence-corrected chi connectivity index (χ4v) is 3.06. The van der Waals surface area contributed by atoms with Crippen molar-refractivity contribution in [3.63, 3.8) is 0 Å². The highest BCUT2D eigenvalue weighted by atomic mass is 15.1. The Kier molecular flexibility index (Phi) is 6.67. The lowest BCUT2D eigenvalue weighted by Crippen LogP contribution is -2.25. The lowest BCUT2D eigenvalue weighted by atomic mass is 9.92. The van der Waals surface area contributed by atoms with E-state index in [1.165, 1.54) is 23.1 Å². The second-order valence-electron chi connectivity index (χ2n) is 6.10. The highest BCUT2D eigenvalue weighted by molar-refractivity contribution is 5.30. The average Bonchev–Trinajstić information content (AvgIpc) is 2.59. The second kappa shape index (κ2) is 8.75. The topological polar surface area (TPSA) is 3.24 Å². The Hall–Kier alpha value is -1.60. The zero-order chi connectivity index (χ0) is 15.8. The van der Waals surface area contributed by atoms with Crippen molar-refractivity contribution in [1.29, 1.82) is 0 Å². The molecular weight excluding hydrogens is 266 g/mol. The van der Waals surface area contributed by atoms with E-state index in [0.29, 0.717) is 5.92 Å². The first-order chi connectivity index (χ1) is 10.7. The smallest absolute Gasteiger partial charge is 0.0233 e. The summed E-state index contributed by atoms with van der Waals surface area (Å²) in [5.41, 5.74) is 4.44. The van der Waals surface area contributed by atoms with Gasteiger partial charge in [0.2, 0.25) is 0 Å². The quantitative estimate of drug-likeness (QED) is 0.641. The van der Waals surface area contributed by atoms with Crippen LogP contribution in [-0.2, 0) is 13.0 Å². The van der Waals surface area contributed by atoms with Crippen LogP contribution < -0.4 is 0 Å². The molecule has 0 bridgehead atoms. The van der Waals surface area contributed by atoms with Crippen molar-refractivity contribution >= 4 is 0 Å². The van der Waals surface area contributed by atoms with Crippen LogP contribution in [0.2, 0.25) is 0 Å². The predicted molar refractivity (Wildman–Crippen MR) is 96.2 cm³/mol. The number of benzene rings is 2. The number of aryl methyl sites for hydroxylation is 1. The molecule has 0 spiro atoms. The minimum atomic E-state index is 0.626. The molecule has 1 atom stereocenters. The molecule has 0 aliphatic carbocycles. The third-order valence-corrected chi connectivity index (χ3v) is 4.54. The lowest BCUT2D eigenvalue weighted by molar-refractivity contribution is 0.269. The molecular formula is C21H29N. The van der Waals surface area contributed by atoms with Gasteiger partial charge in [-0.2, -0.15) is 0 Å². The van der Waals surface area contributed by atoms with Crippen LogP contribution in [0, 0.1) is 0 Å². The molecule has 0 amide bonds. The molecule has 0 aliphatic rings. The van der Waals surface area contributed by atoms with E-state index in [4.69, 9.17) is 0 Å². The van der Waals surface area contributed by atoms with E-state index in [0.717, 1.165) is 26.1 Å². The van der Waals surface area contributed by atoms with Gasteiger partial charge in [0.05, 0.1) is 0 Å². The lowest BCUT2D eigenvalue weighted by Gasteiger charge is -2.23. The molecule has 1 unspecified atom stereocenters. The van der Waals surface area contributed by atoms with Crippen LogP contribution in [0.5, 0.6) is 0 Å². The molecule has 0 N–H and O–H groups in total. The Morgan fingerprint density at radius 1 is 0.909 bits per heavy atom. The Bertz CT molecular complexity index is 547. The Morgan fingerprint density at radius 3 is 2.27 bits per heavy atom. The Morgan fingerprint density at radius 2 is 1.59 bits per heavy atom. The van der Waals surface area contributed by atoms with E-state index in [2.05, 4.69) is 80.3 Å². The first kappa shape index (κ1) is 16.8. The van der Waals surface area contributed by atoms with E-state index in [1.54, 1.807) is 0 Å². The monoisotopic (exact) mass is 295 g/mol. The maximum atomic E-state index is 2.54. The molecule has 1 nitrogen and oxygen atoms in total. The maximum Gasteiger partial charge on any atom is 0.0233 e. The van der Waals surface area contributed by atoms with E-state index >= 15 is 0 Å². The summed E-state index contributed by atoms with van der Waals surface area (Å²) < 4.78 is 0. The summed E-state index contributed by atoms with van der Waals surface area (Å²) in [4.78, 5) is 2.54. The van der Waals surface area contributed by atoms with E-state index < -0.39 is 0 Å². The molecule has 0 aromatic heterocycles. The molecule has 118 valence electrons. The zero-order valence-corrected chi connectivity index (χ0v) is 14.3. The Labute approximate surface area is 136 Å². The van der Waals surface area contributed by atoms with Crippen molar-refractivity contribution in [2.75, 3.05) is 13.1 Å². The van der Waals surface area contributed by atoms with Crippen LogP contribution in [0.4, 0.5) is 0 Å². The number of rotatable bonds is 8. The SMILES string of the molecule is CCc1ccccc1C(C)CCN(CC)Cc1ccccc1. The highest BCUT2D eigenvalue weighted by Crippen LogP contribution is 2.24. The molecule has 22 heavy (non-hydrogen) atoms. The molecule has 2 aromatic rings. The molecule has 0 radical (unpaired) electrons. The minimum Gasteiger partial charge on any atom is -0.299 e. The van der Waals surface area contributed by atoms with Crippen molar-refractivity contribution in [3.05, 3.63) is 71.3 Å². The maximum absolute atomic E-state index is 2.54. The predicted octanol–water partition coefficient (Wildman–Crippen LogP) is 5.26. The third kappa shape index (κ3) is 4.71. The molecule has 0 saturated heterocycles. The first-order valence-corrected chi connectivity index (χ1v) is 8.58. The van der Waals surface area contributed by atoms with Gasteiger partial charge in [0.15, 0.2) is 0 Å². The molecule has 2 rings (SSSR count). The van der Waals surface area contributed by atoms with Gasteiger partial charge in [-0.15, -0.1) is 0 Å². The van der Waals surface area contributed by atoms with E-state index in [-0.39, 0.29) is 0 Å². The summed E-state index contributed by atoms with van der Waals surface area (Å²) in [6.07, 6.45) is 2.35. The highest BCUT2D eigenvalue weighted by Gasteiger charge is 2.11. The van der Waals surface area contributed by atoms with Crippen molar-refractivity contribution in [3.8, 4) is 0 Å². The summed E-state index contributed by atoms with van der Waals surface area (Å²) in [5.74, 6) is 0.626. The van der Waals surface area contributed by atoms with Gasteiger partial charge in [-0.1, -0.05) is 75.4 Å². The summed E-state index contributed by atoms with van der Waals surface area (Å²) >= 11 is 0. The van der Waals surface area contributed by atoms with Gasteiger partial charge in [0.1, 0.15) is 0 Å². The second-order valence-corrected chi connectivity index (χ2v) is 6.10. The van der Waals surface area contributed by atoms with E-state index in [9.17, 15) is 0 Å². The van der Waals surface area contributed by atoms with Crippen LogP contribution in [0.15, 0.2) is 54.6 Å². The summed E-state index contributed by atoms with van der Waals surface area (Å²) in [6.45, 7) is 10.2. The summed E-state index contributed by atoms with van der Waals surface area (Å²) in [7, 11) is 0. The molecule has 0 aliphatic heterocycles. The van der Waals surface area contributed by atoms with Crippen molar-refractivity contribution < 1.29 is 0 Å². The number of hydrogen-bond acceptors (Lipinski definition) is 1. The standard InChI is InChI=1S/C21H29N/c1-4-20-13-9-10-14-21(20)18(3)15-16-22(5-2)17-19-11-7-6-8-12-19/h6-14,18H,4-5,15-17H2,1-3H3. The van der Waals surface area contributed by atoms with Crippen molar-refractivity contribution in [2.24, 2.45) is 0 Å². The molecule has 0 fully saturated rings. The average molecular weight is 295 g/mol. The van der Waals surface area contributed by atoms with Gasteiger partial charge in [-0.3, -0.25) is 4.90 Å². The molecule has 0 heterocycles. The van der Waals surface area contributed by atoms with Crippen molar-refractivity contribution in [1.82, 2.24) is 4.90 Å². The van der Waals surface area contributed by atoms with Crippen molar-refractivity contribution in [2.45, 2.75) is 46.1 Å². The normalized spacial score (nSPS) is 12.5. The zero-order valence-electron chi connectivity index (χ0n) is 14.3. The van der Waals surface area contributed by atoms with Crippen LogP contribution in [0.3, 0.4) is 0 Å². The van der Waals surface area contributed by atoms with E-state index in [1.807, 2.05) is 0 Å². The van der Waals surface area contributed by atoms with Gasteiger partial charge in [0, 0.05) is 6.54 Å². The third-order valence-electron chi connectivity index (χ3n) is 4.54. The number of hydrogen-bond donors (Lipinski definition) is 0. The van der Waals surface area contributed by atoms with Gasteiger partial charge < -0.3 is 0 Å². The number of nitrogens with zero attached hydrogens (tertiary/aromatic N) is 1. The molecule has 0 saturated carbocycles. The van der Waals surface area contributed by atoms with Gasteiger partial charge in [-0.05, 0) is 48.5 Å². The van der Waals surface area contributed by atoms with Gasteiger partial charge >= 0.3 is 0 Å².